The molecule has 0 aromatic heterocycles. The zero-order chi connectivity index (χ0) is 20.1. The Kier molecular flexibility index (Phi) is 6.11. The molecular formula is C25H28N2O2. The van der Waals surface area contributed by atoms with Gasteiger partial charge in [-0.25, -0.2) is 0 Å². The second-order valence-corrected chi connectivity index (χ2v) is 7.74. The van der Waals surface area contributed by atoms with Crippen molar-refractivity contribution in [2.45, 2.75) is 39.0 Å². The van der Waals surface area contributed by atoms with Gasteiger partial charge in [0.1, 0.15) is 5.75 Å². The number of amides is 1. The van der Waals surface area contributed by atoms with Crippen LogP contribution in [0, 0.1) is 0 Å². The van der Waals surface area contributed by atoms with Crippen LogP contribution >= 0.6 is 0 Å². The lowest BCUT2D eigenvalue weighted by Gasteiger charge is -2.19. The van der Waals surface area contributed by atoms with Crippen LogP contribution in [0.3, 0.4) is 0 Å². The van der Waals surface area contributed by atoms with E-state index in [1.54, 1.807) is 6.92 Å². The molecule has 1 heterocycles. The number of carbonyl (C=O) groups is 1. The molecule has 0 saturated carbocycles. The van der Waals surface area contributed by atoms with Crippen LogP contribution in [0.15, 0.2) is 66.7 Å². The van der Waals surface area contributed by atoms with Crippen molar-refractivity contribution >= 4 is 16.7 Å². The minimum Gasteiger partial charge on any atom is -0.481 e. The second kappa shape index (κ2) is 9.10. The first-order chi connectivity index (χ1) is 14.2. The molecule has 4 heteroatoms. The summed E-state index contributed by atoms with van der Waals surface area (Å²) in [7, 11) is 0. The van der Waals surface area contributed by atoms with Crippen molar-refractivity contribution in [2.24, 2.45) is 0 Å². The summed E-state index contributed by atoms with van der Waals surface area (Å²) in [6.45, 7) is 5.60. The van der Waals surface area contributed by atoms with Gasteiger partial charge >= 0.3 is 0 Å². The summed E-state index contributed by atoms with van der Waals surface area (Å²) < 4.78 is 5.89. The molecule has 3 aromatic rings. The highest BCUT2D eigenvalue weighted by atomic mass is 16.5. The van der Waals surface area contributed by atoms with Gasteiger partial charge in [-0.2, -0.15) is 0 Å². The average molecular weight is 389 g/mol. The molecule has 0 unspecified atom stereocenters. The predicted molar refractivity (Wildman–Crippen MR) is 117 cm³/mol. The monoisotopic (exact) mass is 388 g/mol. The molecule has 0 radical (unpaired) electrons. The Hall–Kier alpha value is -2.85. The van der Waals surface area contributed by atoms with Gasteiger partial charge in [0.15, 0.2) is 6.10 Å². The van der Waals surface area contributed by atoms with Crippen molar-refractivity contribution in [3.8, 4) is 5.75 Å². The van der Waals surface area contributed by atoms with Crippen LogP contribution in [-0.4, -0.2) is 30.0 Å². The summed E-state index contributed by atoms with van der Waals surface area (Å²) in [5.74, 6) is 0.606. The summed E-state index contributed by atoms with van der Waals surface area (Å²) in [5.41, 5.74) is 2.46. The molecule has 1 amide bonds. The first-order valence-corrected chi connectivity index (χ1v) is 10.4. The number of nitrogens with one attached hydrogen (secondary N) is 1. The van der Waals surface area contributed by atoms with E-state index in [1.165, 1.54) is 24.0 Å². The molecule has 1 fully saturated rings. The average Bonchev–Trinajstić information content (AvgIpc) is 3.26. The number of fused-ring (bicyclic) bond motifs is 1. The third-order valence-electron chi connectivity index (χ3n) is 5.57. The van der Waals surface area contributed by atoms with Crippen LogP contribution in [-0.2, 0) is 17.9 Å². The lowest BCUT2D eigenvalue weighted by Crippen LogP contribution is -2.36. The highest BCUT2D eigenvalue weighted by molar-refractivity contribution is 5.84. The number of likely N-dealkylation sites (tertiary alicyclic amines) is 1. The van der Waals surface area contributed by atoms with Gasteiger partial charge in [0.2, 0.25) is 0 Å². The molecule has 1 atom stereocenters. The van der Waals surface area contributed by atoms with E-state index in [0.29, 0.717) is 12.3 Å². The van der Waals surface area contributed by atoms with E-state index < -0.39 is 6.10 Å². The molecule has 1 aliphatic heterocycles. The van der Waals surface area contributed by atoms with Gasteiger partial charge in [0.25, 0.3) is 5.91 Å². The third kappa shape index (κ3) is 4.96. The lowest BCUT2D eigenvalue weighted by molar-refractivity contribution is -0.127. The van der Waals surface area contributed by atoms with Gasteiger partial charge in [0, 0.05) is 13.1 Å². The summed E-state index contributed by atoms with van der Waals surface area (Å²) in [4.78, 5) is 15.1. The Morgan fingerprint density at radius 3 is 2.45 bits per heavy atom. The molecule has 1 N–H and O–H groups in total. The second-order valence-electron chi connectivity index (χ2n) is 7.74. The Morgan fingerprint density at radius 1 is 0.966 bits per heavy atom. The molecule has 1 aliphatic rings. The highest BCUT2D eigenvalue weighted by Gasteiger charge is 2.17. The molecule has 0 spiro atoms. The molecule has 4 rings (SSSR count). The number of ether oxygens (including phenoxy) is 1. The summed E-state index contributed by atoms with van der Waals surface area (Å²) >= 11 is 0. The fourth-order valence-electron chi connectivity index (χ4n) is 3.89. The molecule has 29 heavy (non-hydrogen) atoms. The lowest BCUT2D eigenvalue weighted by atomic mass is 10.1. The zero-order valence-corrected chi connectivity index (χ0v) is 16.9. The topological polar surface area (TPSA) is 41.6 Å². The van der Waals surface area contributed by atoms with E-state index in [9.17, 15) is 4.79 Å². The van der Waals surface area contributed by atoms with Crippen LogP contribution in [0.1, 0.15) is 30.9 Å². The first kappa shape index (κ1) is 19.5. The largest absolute Gasteiger partial charge is 0.481 e. The Labute approximate surface area is 172 Å². The van der Waals surface area contributed by atoms with E-state index >= 15 is 0 Å². The SMILES string of the molecule is C[C@@H](Oc1ccc2ccccc2c1)C(=O)NCc1ccccc1CN1CCCC1. The number of carbonyl (C=O) groups excluding carboxylic acids is 1. The molecule has 150 valence electrons. The van der Waals surface area contributed by atoms with E-state index in [4.69, 9.17) is 4.74 Å². The van der Waals surface area contributed by atoms with Gasteiger partial charge < -0.3 is 10.1 Å². The Bertz CT molecular complexity index is 979. The molecule has 4 nitrogen and oxygen atoms in total. The van der Waals surface area contributed by atoms with Crippen LogP contribution in [0.4, 0.5) is 0 Å². The van der Waals surface area contributed by atoms with Gasteiger partial charge in [0.05, 0.1) is 0 Å². The van der Waals surface area contributed by atoms with Crippen LogP contribution in [0.5, 0.6) is 5.75 Å². The van der Waals surface area contributed by atoms with Crippen molar-refractivity contribution < 1.29 is 9.53 Å². The molecule has 0 aliphatic carbocycles. The number of rotatable bonds is 7. The van der Waals surface area contributed by atoms with Crippen molar-refractivity contribution in [2.75, 3.05) is 13.1 Å². The van der Waals surface area contributed by atoms with Crippen molar-refractivity contribution in [3.05, 3.63) is 77.9 Å². The number of hydrogen-bond donors (Lipinski definition) is 1. The minimum atomic E-state index is -0.554. The van der Waals surface area contributed by atoms with E-state index in [0.717, 1.165) is 30.4 Å². The van der Waals surface area contributed by atoms with Crippen LogP contribution < -0.4 is 10.1 Å². The first-order valence-electron chi connectivity index (χ1n) is 10.4. The van der Waals surface area contributed by atoms with Crippen molar-refractivity contribution in [1.29, 1.82) is 0 Å². The Morgan fingerprint density at radius 2 is 1.66 bits per heavy atom. The maximum absolute atomic E-state index is 12.6. The third-order valence-corrected chi connectivity index (χ3v) is 5.57. The predicted octanol–water partition coefficient (Wildman–Crippen LogP) is 4.52. The standard InChI is InChI=1S/C25H28N2O2/c1-19(29-24-13-12-20-8-2-3-9-21(20)16-24)25(28)26-17-22-10-4-5-11-23(22)18-27-14-6-7-15-27/h2-5,8-13,16,19H,6-7,14-15,17-18H2,1H3,(H,26,28)/t19-/m1/s1. The van der Waals surface area contributed by atoms with Gasteiger partial charge in [-0.1, -0.05) is 54.6 Å². The number of hydrogen-bond acceptors (Lipinski definition) is 3. The van der Waals surface area contributed by atoms with E-state index in [1.807, 2.05) is 42.5 Å². The summed E-state index contributed by atoms with van der Waals surface area (Å²) in [5, 5.41) is 5.30. The fourth-order valence-corrected chi connectivity index (χ4v) is 3.89. The maximum atomic E-state index is 12.6. The smallest absolute Gasteiger partial charge is 0.261 e. The van der Waals surface area contributed by atoms with E-state index in [2.05, 4.69) is 34.5 Å². The fraction of sp³-hybridized carbons (Fsp3) is 0.320. The zero-order valence-electron chi connectivity index (χ0n) is 16.9. The van der Waals surface area contributed by atoms with Crippen LogP contribution in [0.25, 0.3) is 10.8 Å². The summed E-state index contributed by atoms with van der Waals surface area (Å²) in [6.07, 6.45) is 2.01. The molecule has 3 aromatic carbocycles. The normalized spacial score (nSPS) is 15.3. The molecular weight excluding hydrogens is 360 g/mol. The molecule has 0 bridgehead atoms. The summed E-state index contributed by atoms with van der Waals surface area (Å²) in [6, 6.07) is 22.4. The van der Waals surface area contributed by atoms with Gasteiger partial charge in [-0.05, 0) is 66.9 Å². The number of nitrogens with zero attached hydrogens (tertiary/aromatic N) is 1. The van der Waals surface area contributed by atoms with Gasteiger partial charge in [-0.3, -0.25) is 9.69 Å². The van der Waals surface area contributed by atoms with E-state index in [-0.39, 0.29) is 5.91 Å². The Balaban J connectivity index is 1.35. The van der Waals surface area contributed by atoms with Crippen molar-refractivity contribution in [3.63, 3.8) is 0 Å². The van der Waals surface area contributed by atoms with Crippen LogP contribution in [0.2, 0.25) is 0 Å². The maximum Gasteiger partial charge on any atom is 0.261 e. The minimum absolute atomic E-state index is 0.103. The number of benzene rings is 3. The van der Waals surface area contributed by atoms with Crippen molar-refractivity contribution in [1.82, 2.24) is 10.2 Å². The quantitative estimate of drug-likeness (QED) is 0.647. The highest BCUT2D eigenvalue weighted by Crippen LogP contribution is 2.21. The van der Waals surface area contributed by atoms with Gasteiger partial charge in [-0.15, -0.1) is 0 Å². The molecule has 1 saturated heterocycles.